The lowest BCUT2D eigenvalue weighted by atomic mass is 9.70. The molecule has 3 N–H and O–H groups in total. The van der Waals surface area contributed by atoms with E-state index in [1.165, 1.54) is 12.0 Å². The summed E-state index contributed by atoms with van der Waals surface area (Å²) in [5.41, 5.74) is 6.48. The number of hydrogen-bond donors (Lipinski definition) is 2. The molecule has 0 bridgehead atoms. The van der Waals surface area contributed by atoms with Crippen LogP contribution in [0.1, 0.15) is 37.7 Å². The van der Waals surface area contributed by atoms with Crippen molar-refractivity contribution in [1.29, 1.82) is 0 Å². The summed E-state index contributed by atoms with van der Waals surface area (Å²) in [6.07, 6.45) is 10.1. The molecule has 82 valence electrons. The number of rotatable bonds is 3. The molecule has 2 rings (SSSR count). The van der Waals surface area contributed by atoms with E-state index in [0.717, 1.165) is 32.1 Å². The quantitative estimate of drug-likeness (QED) is 0.780. The molecule has 15 heavy (non-hydrogen) atoms. The van der Waals surface area contributed by atoms with Gasteiger partial charge in [0.15, 0.2) is 0 Å². The Morgan fingerprint density at radius 2 is 2.13 bits per heavy atom. The van der Waals surface area contributed by atoms with Crippen LogP contribution >= 0.6 is 0 Å². The van der Waals surface area contributed by atoms with Gasteiger partial charge >= 0.3 is 0 Å². The van der Waals surface area contributed by atoms with Gasteiger partial charge < -0.3 is 10.7 Å². The van der Waals surface area contributed by atoms with Crippen molar-refractivity contribution in [2.24, 2.45) is 11.1 Å². The van der Waals surface area contributed by atoms with Crippen LogP contribution in [0.15, 0.2) is 18.5 Å². The summed E-state index contributed by atoms with van der Waals surface area (Å²) in [6, 6.07) is 2.03. The van der Waals surface area contributed by atoms with E-state index in [1.54, 1.807) is 0 Å². The molecule has 0 unspecified atom stereocenters. The third kappa shape index (κ3) is 2.06. The Balaban J connectivity index is 2.15. The molecule has 1 aliphatic carbocycles. The molecule has 3 heteroatoms. The van der Waals surface area contributed by atoms with Crippen molar-refractivity contribution < 1.29 is 4.79 Å². The van der Waals surface area contributed by atoms with E-state index in [2.05, 4.69) is 4.98 Å². The number of nitrogens with one attached hydrogen (secondary N) is 1. The minimum Gasteiger partial charge on any atom is -0.369 e. The minimum absolute atomic E-state index is 0.122. The average Bonchev–Trinajstić information content (AvgIpc) is 2.71. The maximum absolute atomic E-state index is 11.6. The second-order valence-corrected chi connectivity index (χ2v) is 4.60. The number of H-pyrrole nitrogens is 1. The third-order valence-corrected chi connectivity index (χ3v) is 3.54. The van der Waals surface area contributed by atoms with Gasteiger partial charge in [0.05, 0.1) is 5.41 Å². The zero-order chi connectivity index (χ0) is 10.7. The lowest BCUT2D eigenvalue weighted by Gasteiger charge is -2.34. The van der Waals surface area contributed by atoms with Crippen molar-refractivity contribution in [3.63, 3.8) is 0 Å². The maximum atomic E-state index is 11.6. The summed E-state index contributed by atoms with van der Waals surface area (Å²) in [7, 11) is 0. The van der Waals surface area contributed by atoms with Gasteiger partial charge in [-0.05, 0) is 30.9 Å². The van der Waals surface area contributed by atoms with Crippen LogP contribution in [0.4, 0.5) is 0 Å². The molecular formula is C12H18N2O. The first-order valence-electron chi connectivity index (χ1n) is 5.65. The highest BCUT2D eigenvalue weighted by atomic mass is 16.1. The van der Waals surface area contributed by atoms with Crippen molar-refractivity contribution in [1.82, 2.24) is 4.98 Å². The van der Waals surface area contributed by atoms with Gasteiger partial charge in [0, 0.05) is 12.4 Å². The molecule has 0 spiro atoms. The molecule has 0 aliphatic heterocycles. The Labute approximate surface area is 90.1 Å². The molecule has 1 heterocycles. The monoisotopic (exact) mass is 206 g/mol. The summed E-state index contributed by atoms with van der Waals surface area (Å²) in [4.78, 5) is 14.6. The molecule has 0 saturated heterocycles. The number of hydrogen-bond acceptors (Lipinski definition) is 1. The van der Waals surface area contributed by atoms with Gasteiger partial charge in [0.25, 0.3) is 0 Å². The van der Waals surface area contributed by atoms with Gasteiger partial charge in [0.1, 0.15) is 0 Å². The highest BCUT2D eigenvalue weighted by Gasteiger charge is 2.37. The van der Waals surface area contributed by atoms with Crippen molar-refractivity contribution >= 4 is 5.91 Å². The summed E-state index contributed by atoms with van der Waals surface area (Å²) in [5, 5.41) is 0. The van der Waals surface area contributed by atoms with E-state index in [9.17, 15) is 4.79 Å². The standard InChI is InChI=1S/C12H18N2O/c13-11(15)12(5-2-1-3-6-12)8-10-4-7-14-9-10/h4,7,9,14H,1-3,5-6,8H2,(H2,13,15). The molecule has 1 aliphatic rings. The Bertz CT molecular complexity index is 323. The van der Waals surface area contributed by atoms with Gasteiger partial charge in [-0.2, -0.15) is 0 Å². The Morgan fingerprint density at radius 1 is 1.40 bits per heavy atom. The summed E-state index contributed by atoms with van der Waals surface area (Å²) >= 11 is 0. The van der Waals surface area contributed by atoms with Gasteiger partial charge in [-0.15, -0.1) is 0 Å². The molecule has 1 saturated carbocycles. The minimum atomic E-state index is -0.277. The third-order valence-electron chi connectivity index (χ3n) is 3.54. The first-order valence-corrected chi connectivity index (χ1v) is 5.65. The molecule has 0 radical (unpaired) electrons. The zero-order valence-electron chi connectivity index (χ0n) is 8.96. The van der Waals surface area contributed by atoms with Gasteiger partial charge in [-0.25, -0.2) is 0 Å². The molecule has 1 amide bonds. The van der Waals surface area contributed by atoms with Crippen LogP contribution in [-0.4, -0.2) is 10.9 Å². The molecule has 0 aromatic carbocycles. The van der Waals surface area contributed by atoms with Gasteiger partial charge in [-0.1, -0.05) is 19.3 Å². The van der Waals surface area contributed by atoms with Crippen LogP contribution in [0.25, 0.3) is 0 Å². The molecule has 1 aromatic heterocycles. The Hall–Kier alpha value is -1.25. The first kappa shape index (κ1) is 10.3. The van der Waals surface area contributed by atoms with Crippen molar-refractivity contribution in [3.05, 3.63) is 24.0 Å². The van der Waals surface area contributed by atoms with E-state index in [-0.39, 0.29) is 11.3 Å². The van der Waals surface area contributed by atoms with Gasteiger partial charge in [0.2, 0.25) is 5.91 Å². The van der Waals surface area contributed by atoms with Crippen molar-refractivity contribution in [2.45, 2.75) is 38.5 Å². The van der Waals surface area contributed by atoms with E-state index in [1.807, 2.05) is 18.5 Å². The van der Waals surface area contributed by atoms with E-state index >= 15 is 0 Å². The van der Waals surface area contributed by atoms with E-state index in [0.29, 0.717) is 0 Å². The smallest absolute Gasteiger partial charge is 0.223 e. The van der Waals surface area contributed by atoms with Gasteiger partial charge in [-0.3, -0.25) is 4.79 Å². The SMILES string of the molecule is NC(=O)C1(Cc2cc[nH]c2)CCCCC1. The second-order valence-electron chi connectivity index (χ2n) is 4.60. The topological polar surface area (TPSA) is 58.9 Å². The second kappa shape index (κ2) is 4.09. The summed E-state index contributed by atoms with van der Waals surface area (Å²) < 4.78 is 0. The molecule has 1 aromatic rings. The predicted octanol–water partition coefficient (Wildman–Crippen LogP) is 1.99. The van der Waals surface area contributed by atoms with Crippen LogP contribution in [0.3, 0.4) is 0 Å². The number of aromatic nitrogens is 1. The number of amides is 1. The Kier molecular flexibility index (Phi) is 2.80. The van der Waals surface area contributed by atoms with E-state index < -0.39 is 0 Å². The fraction of sp³-hybridized carbons (Fsp3) is 0.583. The summed E-state index contributed by atoms with van der Waals surface area (Å²) in [6.45, 7) is 0. The normalized spacial score (nSPS) is 20.0. The largest absolute Gasteiger partial charge is 0.369 e. The molecular weight excluding hydrogens is 188 g/mol. The average molecular weight is 206 g/mol. The van der Waals surface area contributed by atoms with Crippen molar-refractivity contribution in [2.75, 3.05) is 0 Å². The first-order chi connectivity index (χ1) is 7.23. The Morgan fingerprint density at radius 3 is 2.67 bits per heavy atom. The maximum Gasteiger partial charge on any atom is 0.223 e. The lowest BCUT2D eigenvalue weighted by Crippen LogP contribution is -2.40. The molecule has 0 atom stereocenters. The highest BCUT2D eigenvalue weighted by molar-refractivity contribution is 5.81. The van der Waals surface area contributed by atoms with Crippen LogP contribution in [-0.2, 0) is 11.2 Å². The predicted molar refractivity (Wildman–Crippen MR) is 59.2 cm³/mol. The van der Waals surface area contributed by atoms with Crippen LogP contribution in [0, 0.1) is 5.41 Å². The van der Waals surface area contributed by atoms with Crippen molar-refractivity contribution in [3.8, 4) is 0 Å². The van der Waals surface area contributed by atoms with Crippen LogP contribution < -0.4 is 5.73 Å². The number of primary amides is 1. The van der Waals surface area contributed by atoms with Crippen LogP contribution in [0.2, 0.25) is 0 Å². The van der Waals surface area contributed by atoms with Crippen LogP contribution in [0.5, 0.6) is 0 Å². The summed E-state index contributed by atoms with van der Waals surface area (Å²) in [5.74, 6) is -0.122. The molecule has 3 nitrogen and oxygen atoms in total. The highest BCUT2D eigenvalue weighted by Crippen LogP contribution is 2.38. The number of aromatic amines is 1. The lowest BCUT2D eigenvalue weighted by molar-refractivity contribution is -0.129. The van der Waals surface area contributed by atoms with E-state index in [4.69, 9.17) is 5.73 Å². The number of carbonyl (C=O) groups is 1. The number of carbonyl (C=O) groups excluding carboxylic acids is 1. The zero-order valence-corrected chi connectivity index (χ0v) is 8.96. The molecule has 1 fully saturated rings. The number of nitrogens with two attached hydrogens (primary N) is 1. The fourth-order valence-corrected chi connectivity index (χ4v) is 2.60. The fourth-order valence-electron chi connectivity index (χ4n) is 2.60.